The minimum Gasteiger partial charge on any atom is -0.480 e. The van der Waals surface area contributed by atoms with Crippen molar-refractivity contribution in [3.63, 3.8) is 0 Å². The zero-order valence-electron chi connectivity index (χ0n) is 13.1. The van der Waals surface area contributed by atoms with Gasteiger partial charge in [0.25, 0.3) is 0 Å². The van der Waals surface area contributed by atoms with E-state index in [1.54, 1.807) is 24.3 Å². The molecule has 0 saturated carbocycles. The van der Waals surface area contributed by atoms with Crippen molar-refractivity contribution in [3.8, 4) is 5.88 Å². The minimum absolute atomic E-state index is 0.0144. The topological polar surface area (TPSA) is 80.2 Å². The Balaban J connectivity index is 1.71. The number of likely N-dealkylation sites (N-methyl/N-ethyl adjacent to an activating group) is 1. The molecule has 2 aromatic heterocycles. The summed E-state index contributed by atoms with van der Waals surface area (Å²) in [4.78, 5) is 18.0. The van der Waals surface area contributed by atoms with E-state index in [9.17, 15) is 4.79 Å². The molecule has 2 aromatic rings. The standard InChI is InChI=1S/C16H19N5O2/c1-21-15(22)8-13(16(21)11-4-3-7-17-9-11)18-10-12-5-6-14(23-2)20-19-12/h3-7,9,13,16,18H,8,10H2,1-2H3/t13-,16+/m1/s1. The number of nitrogens with one attached hydrogen (secondary N) is 1. The summed E-state index contributed by atoms with van der Waals surface area (Å²) in [6.45, 7) is 0.541. The SMILES string of the molecule is COc1ccc(CN[C@@H]2CC(=O)N(C)[C@H]2c2cccnc2)nn1. The van der Waals surface area contributed by atoms with Gasteiger partial charge < -0.3 is 15.0 Å². The van der Waals surface area contributed by atoms with Crippen molar-refractivity contribution in [3.05, 3.63) is 47.9 Å². The number of pyridine rings is 1. The van der Waals surface area contributed by atoms with Crippen molar-refractivity contribution < 1.29 is 9.53 Å². The second-order valence-electron chi connectivity index (χ2n) is 5.49. The van der Waals surface area contributed by atoms with Gasteiger partial charge in [0, 0.05) is 44.5 Å². The monoisotopic (exact) mass is 313 g/mol. The van der Waals surface area contributed by atoms with E-state index >= 15 is 0 Å². The van der Waals surface area contributed by atoms with E-state index in [2.05, 4.69) is 20.5 Å². The lowest BCUT2D eigenvalue weighted by Crippen LogP contribution is -2.35. The highest BCUT2D eigenvalue weighted by Crippen LogP contribution is 2.31. The lowest BCUT2D eigenvalue weighted by molar-refractivity contribution is -0.127. The van der Waals surface area contributed by atoms with Crippen LogP contribution in [0, 0.1) is 0 Å². The van der Waals surface area contributed by atoms with Crippen LogP contribution in [0.4, 0.5) is 0 Å². The van der Waals surface area contributed by atoms with Crippen molar-refractivity contribution in [2.24, 2.45) is 0 Å². The van der Waals surface area contributed by atoms with Gasteiger partial charge in [-0.25, -0.2) is 0 Å². The normalized spacial score (nSPS) is 20.8. The summed E-state index contributed by atoms with van der Waals surface area (Å²) >= 11 is 0. The molecule has 23 heavy (non-hydrogen) atoms. The van der Waals surface area contributed by atoms with Gasteiger partial charge in [-0.1, -0.05) is 6.07 Å². The summed E-state index contributed by atoms with van der Waals surface area (Å²) in [6, 6.07) is 7.50. The zero-order chi connectivity index (χ0) is 16.2. The molecule has 2 atom stereocenters. The molecule has 7 nitrogen and oxygen atoms in total. The molecular formula is C16H19N5O2. The van der Waals surface area contributed by atoms with Gasteiger partial charge in [-0.05, 0) is 17.7 Å². The average molecular weight is 313 g/mol. The predicted molar refractivity (Wildman–Crippen MR) is 83.6 cm³/mol. The van der Waals surface area contributed by atoms with Crippen LogP contribution in [-0.2, 0) is 11.3 Å². The Bertz CT molecular complexity index is 662. The number of rotatable bonds is 5. The van der Waals surface area contributed by atoms with Crippen LogP contribution in [0.15, 0.2) is 36.7 Å². The van der Waals surface area contributed by atoms with Crippen LogP contribution in [0.2, 0.25) is 0 Å². The number of carbonyl (C=O) groups is 1. The predicted octanol–water partition coefficient (Wildman–Crippen LogP) is 0.942. The summed E-state index contributed by atoms with van der Waals surface area (Å²) in [5.41, 5.74) is 1.83. The summed E-state index contributed by atoms with van der Waals surface area (Å²) in [7, 11) is 3.38. The van der Waals surface area contributed by atoms with Gasteiger partial charge in [-0.3, -0.25) is 9.78 Å². The van der Waals surface area contributed by atoms with Gasteiger partial charge in [-0.15, -0.1) is 5.10 Å². The van der Waals surface area contributed by atoms with E-state index in [4.69, 9.17) is 4.74 Å². The first kappa shape index (κ1) is 15.4. The van der Waals surface area contributed by atoms with Crippen molar-refractivity contribution in [1.82, 2.24) is 25.4 Å². The van der Waals surface area contributed by atoms with Crippen LogP contribution in [0.3, 0.4) is 0 Å². The fraction of sp³-hybridized carbons (Fsp3) is 0.375. The Morgan fingerprint density at radius 3 is 2.87 bits per heavy atom. The number of ether oxygens (including phenoxy) is 1. The largest absolute Gasteiger partial charge is 0.480 e. The smallest absolute Gasteiger partial charge is 0.233 e. The van der Waals surface area contributed by atoms with Crippen LogP contribution in [0.5, 0.6) is 5.88 Å². The fourth-order valence-electron chi connectivity index (χ4n) is 2.85. The van der Waals surface area contributed by atoms with Crippen LogP contribution in [-0.4, -0.2) is 46.2 Å². The number of carbonyl (C=O) groups excluding carboxylic acids is 1. The van der Waals surface area contributed by atoms with Crippen molar-refractivity contribution >= 4 is 5.91 Å². The average Bonchev–Trinajstić information content (AvgIpc) is 2.88. The van der Waals surface area contributed by atoms with Gasteiger partial charge in [-0.2, -0.15) is 5.10 Å². The van der Waals surface area contributed by atoms with E-state index in [0.717, 1.165) is 11.3 Å². The molecule has 0 radical (unpaired) electrons. The third kappa shape index (κ3) is 3.29. The van der Waals surface area contributed by atoms with Crippen molar-refractivity contribution in [2.45, 2.75) is 25.0 Å². The van der Waals surface area contributed by atoms with Crippen LogP contribution in [0.25, 0.3) is 0 Å². The van der Waals surface area contributed by atoms with E-state index in [1.807, 2.05) is 31.4 Å². The third-order valence-corrected chi connectivity index (χ3v) is 4.06. The fourth-order valence-corrected chi connectivity index (χ4v) is 2.85. The molecule has 0 spiro atoms. The number of hydrogen-bond donors (Lipinski definition) is 1. The third-order valence-electron chi connectivity index (χ3n) is 4.06. The summed E-state index contributed by atoms with van der Waals surface area (Å²) in [5, 5.41) is 11.5. The summed E-state index contributed by atoms with van der Waals surface area (Å²) in [5.74, 6) is 0.606. The molecule has 1 saturated heterocycles. The lowest BCUT2D eigenvalue weighted by Gasteiger charge is -2.25. The molecule has 0 aromatic carbocycles. The van der Waals surface area contributed by atoms with Crippen LogP contribution >= 0.6 is 0 Å². The summed E-state index contributed by atoms with van der Waals surface area (Å²) < 4.78 is 5.00. The molecule has 1 aliphatic heterocycles. The van der Waals surface area contributed by atoms with Crippen molar-refractivity contribution in [2.75, 3.05) is 14.2 Å². The molecule has 1 N–H and O–H groups in total. The van der Waals surface area contributed by atoms with Gasteiger partial charge >= 0.3 is 0 Å². The van der Waals surface area contributed by atoms with Gasteiger partial charge in [0.2, 0.25) is 11.8 Å². The van der Waals surface area contributed by atoms with Gasteiger partial charge in [0.05, 0.1) is 18.8 Å². The lowest BCUT2D eigenvalue weighted by atomic mass is 10.0. The number of amides is 1. The van der Waals surface area contributed by atoms with E-state index in [-0.39, 0.29) is 18.0 Å². The molecule has 1 amide bonds. The Hall–Kier alpha value is -2.54. The molecule has 1 fully saturated rings. The number of hydrogen-bond acceptors (Lipinski definition) is 6. The van der Waals surface area contributed by atoms with E-state index in [1.165, 1.54) is 0 Å². The second-order valence-corrected chi connectivity index (χ2v) is 5.49. The maximum Gasteiger partial charge on any atom is 0.233 e. The Morgan fingerprint density at radius 1 is 1.35 bits per heavy atom. The number of likely N-dealkylation sites (tertiary alicyclic amines) is 1. The first-order valence-electron chi connectivity index (χ1n) is 7.44. The Labute approximate surface area is 134 Å². The van der Waals surface area contributed by atoms with Gasteiger partial charge in [0.1, 0.15) is 0 Å². The quantitative estimate of drug-likeness (QED) is 0.885. The van der Waals surface area contributed by atoms with Gasteiger partial charge in [0.15, 0.2) is 0 Å². The highest BCUT2D eigenvalue weighted by molar-refractivity contribution is 5.80. The van der Waals surface area contributed by atoms with E-state index < -0.39 is 0 Å². The first-order valence-corrected chi connectivity index (χ1v) is 7.44. The number of nitrogens with zero attached hydrogens (tertiary/aromatic N) is 4. The van der Waals surface area contributed by atoms with Crippen molar-refractivity contribution in [1.29, 1.82) is 0 Å². The molecule has 7 heteroatoms. The highest BCUT2D eigenvalue weighted by atomic mass is 16.5. The van der Waals surface area contributed by atoms with Crippen LogP contribution in [0.1, 0.15) is 23.7 Å². The minimum atomic E-state index is -0.0255. The molecule has 0 unspecified atom stereocenters. The Kier molecular flexibility index (Phi) is 4.47. The maximum absolute atomic E-state index is 12.1. The molecule has 0 bridgehead atoms. The molecule has 1 aliphatic rings. The molecule has 120 valence electrons. The molecular weight excluding hydrogens is 294 g/mol. The summed E-state index contributed by atoms with van der Waals surface area (Å²) in [6.07, 6.45) is 4.00. The molecule has 3 heterocycles. The first-order chi connectivity index (χ1) is 11.2. The second kappa shape index (κ2) is 6.70. The highest BCUT2D eigenvalue weighted by Gasteiger charge is 2.38. The molecule has 3 rings (SSSR count). The maximum atomic E-state index is 12.1. The van der Waals surface area contributed by atoms with Crippen LogP contribution < -0.4 is 10.1 Å². The van der Waals surface area contributed by atoms with E-state index in [0.29, 0.717) is 18.8 Å². The molecule has 0 aliphatic carbocycles. The Morgan fingerprint density at radius 2 is 2.22 bits per heavy atom. The zero-order valence-corrected chi connectivity index (χ0v) is 13.1. The number of methoxy groups -OCH3 is 1. The number of aromatic nitrogens is 3.